The number of carbonyl (C=O) groups is 1. The molecule has 108 valence electrons. The molecule has 1 amide bonds. The maximum absolute atomic E-state index is 13.4. The van der Waals surface area contributed by atoms with Crippen molar-refractivity contribution in [3.8, 4) is 0 Å². The molecular weight excluding hydrogens is 313 g/mol. The second-order valence-electron chi connectivity index (χ2n) is 4.02. The number of benzene rings is 2. The first-order valence-electron chi connectivity index (χ1n) is 5.93. The summed E-state index contributed by atoms with van der Waals surface area (Å²) in [5.74, 6) is -1.22. The van der Waals surface area contributed by atoms with E-state index in [0.717, 1.165) is 0 Å². The van der Waals surface area contributed by atoms with Crippen molar-refractivity contribution in [3.05, 3.63) is 64.9 Å². The Hall–Kier alpha value is -2.18. The maximum Gasteiger partial charge on any atom is 0.272 e. The van der Waals surface area contributed by atoms with Gasteiger partial charge in [0.15, 0.2) is 5.11 Å². The van der Waals surface area contributed by atoms with Gasteiger partial charge in [0.05, 0.1) is 5.56 Å². The number of carbonyl (C=O) groups excluding carboxylic acids is 1. The number of halogens is 2. The highest BCUT2D eigenvalue weighted by Crippen LogP contribution is 2.13. The lowest BCUT2D eigenvalue weighted by atomic mass is 10.2. The molecule has 0 atom stereocenters. The summed E-state index contributed by atoms with van der Waals surface area (Å²) in [6.07, 6.45) is 0. The van der Waals surface area contributed by atoms with Crippen molar-refractivity contribution in [3.63, 3.8) is 0 Å². The standard InChI is InChI=1S/C14H11ClFN3OS/c15-9-5-7-10(8-6-9)17-14(21)19-18-13(20)11-3-1-2-4-12(11)16/h1-8H,(H,18,20)(H2,17,19,21). The molecule has 0 aromatic heterocycles. The first kappa shape index (κ1) is 15.2. The first-order valence-corrected chi connectivity index (χ1v) is 6.72. The topological polar surface area (TPSA) is 53.2 Å². The molecule has 0 aliphatic heterocycles. The average Bonchev–Trinajstić information content (AvgIpc) is 2.48. The van der Waals surface area contributed by atoms with Crippen molar-refractivity contribution >= 4 is 40.5 Å². The monoisotopic (exact) mass is 323 g/mol. The predicted octanol–water partition coefficient (Wildman–Crippen LogP) is 3.11. The number of amides is 1. The molecule has 2 aromatic carbocycles. The zero-order valence-corrected chi connectivity index (χ0v) is 12.3. The molecule has 2 rings (SSSR count). The molecule has 7 heteroatoms. The van der Waals surface area contributed by atoms with Gasteiger partial charge in [-0.25, -0.2) is 4.39 Å². The Morgan fingerprint density at radius 3 is 2.38 bits per heavy atom. The van der Waals surface area contributed by atoms with Crippen LogP contribution in [0.5, 0.6) is 0 Å². The maximum atomic E-state index is 13.4. The molecule has 21 heavy (non-hydrogen) atoms. The van der Waals surface area contributed by atoms with Crippen LogP contribution >= 0.6 is 23.8 Å². The quantitative estimate of drug-likeness (QED) is 0.587. The molecule has 3 N–H and O–H groups in total. The lowest BCUT2D eigenvalue weighted by Crippen LogP contribution is -2.44. The second-order valence-corrected chi connectivity index (χ2v) is 4.86. The van der Waals surface area contributed by atoms with Crippen molar-refractivity contribution in [2.75, 3.05) is 5.32 Å². The molecule has 0 radical (unpaired) electrons. The van der Waals surface area contributed by atoms with E-state index in [4.69, 9.17) is 23.8 Å². The first-order chi connectivity index (χ1) is 10.1. The summed E-state index contributed by atoms with van der Waals surface area (Å²) in [6, 6.07) is 12.5. The van der Waals surface area contributed by atoms with E-state index in [1.807, 2.05) is 0 Å². The highest BCUT2D eigenvalue weighted by atomic mass is 35.5. The Balaban J connectivity index is 1.88. The number of hydrogen-bond donors (Lipinski definition) is 3. The fourth-order valence-electron chi connectivity index (χ4n) is 1.52. The van der Waals surface area contributed by atoms with Crippen LogP contribution in [0.15, 0.2) is 48.5 Å². The largest absolute Gasteiger partial charge is 0.331 e. The van der Waals surface area contributed by atoms with E-state index in [0.29, 0.717) is 10.7 Å². The summed E-state index contributed by atoms with van der Waals surface area (Å²) < 4.78 is 13.4. The van der Waals surface area contributed by atoms with Crippen molar-refractivity contribution < 1.29 is 9.18 Å². The van der Waals surface area contributed by atoms with Gasteiger partial charge in [0.1, 0.15) is 5.82 Å². The smallest absolute Gasteiger partial charge is 0.272 e. The Morgan fingerprint density at radius 2 is 1.71 bits per heavy atom. The van der Waals surface area contributed by atoms with Gasteiger partial charge in [-0.1, -0.05) is 23.7 Å². The van der Waals surface area contributed by atoms with E-state index >= 15 is 0 Å². The molecule has 0 aliphatic rings. The summed E-state index contributed by atoms with van der Waals surface area (Å²) in [6.45, 7) is 0. The molecule has 0 aliphatic carbocycles. The molecule has 0 saturated heterocycles. The van der Waals surface area contributed by atoms with Crippen LogP contribution in [0.4, 0.5) is 10.1 Å². The van der Waals surface area contributed by atoms with Gasteiger partial charge in [-0.15, -0.1) is 0 Å². The molecule has 0 fully saturated rings. The van der Waals surface area contributed by atoms with Gasteiger partial charge < -0.3 is 5.32 Å². The zero-order chi connectivity index (χ0) is 15.2. The number of nitrogens with one attached hydrogen (secondary N) is 3. The third kappa shape index (κ3) is 4.40. The molecule has 2 aromatic rings. The van der Waals surface area contributed by atoms with Crippen LogP contribution in [0.1, 0.15) is 10.4 Å². The number of thiocarbonyl (C=S) groups is 1. The van der Waals surface area contributed by atoms with Crippen molar-refractivity contribution in [1.82, 2.24) is 10.9 Å². The third-order valence-corrected chi connectivity index (χ3v) is 2.97. The Bertz CT molecular complexity index is 664. The van der Waals surface area contributed by atoms with Gasteiger partial charge >= 0.3 is 0 Å². The highest BCUT2D eigenvalue weighted by Gasteiger charge is 2.10. The SMILES string of the molecule is O=C(NNC(=S)Nc1ccc(Cl)cc1)c1ccccc1F. The number of hydrazine groups is 1. The fourth-order valence-corrected chi connectivity index (χ4v) is 1.82. The molecule has 0 saturated carbocycles. The number of rotatable bonds is 2. The number of hydrogen-bond acceptors (Lipinski definition) is 2. The van der Waals surface area contributed by atoms with Crippen LogP contribution in [0.2, 0.25) is 5.02 Å². The molecule has 0 bridgehead atoms. The number of anilines is 1. The van der Waals surface area contributed by atoms with E-state index < -0.39 is 11.7 Å². The van der Waals surface area contributed by atoms with Gasteiger partial charge in [-0.05, 0) is 48.6 Å². The van der Waals surface area contributed by atoms with Crippen LogP contribution in [-0.4, -0.2) is 11.0 Å². The minimum absolute atomic E-state index is 0.0701. The fraction of sp³-hybridized carbons (Fsp3) is 0. The lowest BCUT2D eigenvalue weighted by Gasteiger charge is -2.11. The molecule has 0 spiro atoms. The van der Waals surface area contributed by atoms with Crippen molar-refractivity contribution in [2.45, 2.75) is 0 Å². The summed E-state index contributed by atoms with van der Waals surface area (Å²) in [7, 11) is 0. The van der Waals surface area contributed by atoms with Gasteiger partial charge in [0.25, 0.3) is 5.91 Å². The molecule has 0 heterocycles. The molecule has 4 nitrogen and oxygen atoms in total. The minimum Gasteiger partial charge on any atom is -0.331 e. The van der Waals surface area contributed by atoms with Crippen molar-refractivity contribution in [2.24, 2.45) is 0 Å². The summed E-state index contributed by atoms with van der Waals surface area (Å²) in [5, 5.41) is 3.62. The summed E-state index contributed by atoms with van der Waals surface area (Å²) >= 11 is 10.8. The predicted molar refractivity (Wildman–Crippen MR) is 84.7 cm³/mol. The Kier molecular flexibility index (Phi) is 5.08. The molecule has 0 unspecified atom stereocenters. The minimum atomic E-state index is -0.617. The molecular formula is C14H11ClFN3OS. The summed E-state index contributed by atoms with van der Waals surface area (Å²) in [4.78, 5) is 11.7. The van der Waals surface area contributed by atoms with E-state index in [9.17, 15) is 9.18 Å². The van der Waals surface area contributed by atoms with Gasteiger partial charge in [0, 0.05) is 10.7 Å². The third-order valence-electron chi connectivity index (χ3n) is 2.51. The van der Waals surface area contributed by atoms with Crippen molar-refractivity contribution in [1.29, 1.82) is 0 Å². The van der Waals surface area contributed by atoms with Crippen LogP contribution < -0.4 is 16.2 Å². The van der Waals surface area contributed by atoms with E-state index in [1.165, 1.54) is 18.2 Å². The van der Waals surface area contributed by atoms with Crippen LogP contribution in [0.3, 0.4) is 0 Å². The van der Waals surface area contributed by atoms with Crippen LogP contribution in [-0.2, 0) is 0 Å². The second kappa shape index (κ2) is 7.01. The normalized spacial score (nSPS) is 9.81. The highest BCUT2D eigenvalue weighted by molar-refractivity contribution is 7.80. The van der Waals surface area contributed by atoms with E-state index in [-0.39, 0.29) is 10.7 Å². The van der Waals surface area contributed by atoms with Crippen LogP contribution in [0.25, 0.3) is 0 Å². The average molecular weight is 324 g/mol. The van der Waals surface area contributed by atoms with E-state index in [2.05, 4.69) is 16.2 Å². The van der Waals surface area contributed by atoms with Gasteiger partial charge in [0.2, 0.25) is 0 Å². The zero-order valence-electron chi connectivity index (χ0n) is 10.7. The Morgan fingerprint density at radius 1 is 1.05 bits per heavy atom. The Labute approximate surface area is 131 Å². The van der Waals surface area contributed by atoms with Gasteiger partial charge in [-0.3, -0.25) is 15.6 Å². The summed E-state index contributed by atoms with van der Waals surface area (Å²) in [5.41, 5.74) is 5.44. The van der Waals surface area contributed by atoms with Gasteiger partial charge in [-0.2, -0.15) is 0 Å². The van der Waals surface area contributed by atoms with E-state index in [1.54, 1.807) is 30.3 Å². The van der Waals surface area contributed by atoms with Crippen LogP contribution in [0, 0.1) is 5.82 Å². The lowest BCUT2D eigenvalue weighted by molar-refractivity contribution is 0.0940.